The fourth-order valence-electron chi connectivity index (χ4n) is 3.51. The predicted molar refractivity (Wildman–Crippen MR) is 106 cm³/mol. The average Bonchev–Trinajstić information content (AvgIpc) is 2.91. The highest BCUT2D eigenvalue weighted by Crippen LogP contribution is 2.08. The van der Waals surface area contributed by atoms with Crippen LogP contribution in [0.3, 0.4) is 0 Å². The average molecular weight is 368 g/mol. The van der Waals surface area contributed by atoms with Gasteiger partial charge in [0, 0.05) is 31.4 Å². The first-order chi connectivity index (χ1) is 13.1. The zero-order valence-electron chi connectivity index (χ0n) is 16.0. The van der Waals surface area contributed by atoms with Crippen LogP contribution in [0.4, 0.5) is 0 Å². The summed E-state index contributed by atoms with van der Waals surface area (Å²) in [5.74, 6) is 0.578. The Hall–Kier alpha value is -2.47. The largest absolute Gasteiger partial charge is 0.341 e. The summed E-state index contributed by atoms with van der Waals surface area (Å²) in [6.07, 6.45) is 4.82. The summed E-state index contributed by atoms with van der Waals surface area (Å²) in [7, 11) is 0. The Balaban J connectivity index is 1.46. The normalized spacial score (nSPS) is 15.5. The second-order valence-corrected chi connectivity index (χ2v) is 7.16. The minimum Gasteiger partial charge on any atom is -0.341 e. The molecule has 6 heteroatoms. The zero-order chi connectivity index (χ0) is 19.1. The lowest BCUT2D eigenvalue weighted by Crippen LogP contribution is -2.37. The van der Waals surface area contributed by atoms with Crippen LogP contribution in [0.5, 0.6) is 0 Å². The topological polar surface area (TPSA) is 69.3 Å². The lowest BCUT2D eigenvalue weighted by Gasteiger charge is -2.22. The van der Waals surface area contributed by atoms with Crippen molar-refractivity contribution in [2.24, 2.45) is 0 Å². The molecule has 0 spiro atoms. The molecule has 27 heavy (non-hydrogen) atoms. The molecule has 144 valence electrons. The Kier molecular flexibility index (Phi) is 6.76. The van der Waals surface area contributed by atoms with Gasteiger partial charge in [-0.25, -0.2) is 4.98 Å². The van der Waals surface area contributed by atoms with Crippen molar-refractivity contribution in [2.75, 3.05) is 32.7 Å². The summed E-state index contributed by atoms with van der Waals surface area (Å²) >= 11 is 0. The number of nitrogens with one attached hydrogen (secondary N) is 1. The standard InChI is InChI=1S/C21H28N4O2/c1-17-22-16-19(21(27)23-17)15-20(26)25-12-6-11-24(13-14-25)10-5-9-18-7-3-2-4-8-18/h2-4,7-8,16H,5-6,9-15H2,1H3,(H,22,23,27). The molecule has 1 aromatic heterocycles. The van der Waals surface area contributed by atoms with Gasteiger partial charge in [-0.2, -0.15) is 0 Å². The molecule has 1 aromatic carbocycles. The fraction of sp³-hybridized carbons (Fsp3) is 0.476. The van der Waals surface area contributed by atoms with Gasteiger partial charge >= 0.3 is 0 Å². The quantitative estimate of drug-likeness (QED) is 0.844. The third-order valence-corrected chi connectivity index (χ3v) is 5.07. The number of nitrogens with zero attached hydrogens (tertiary/aromatic N) is 3. The Bertz CT molecular complexity index is 803. The maximum Gasteiger partial charge on any atom is 0.254 e. The third-order valence-electron chi connectivity index (χ3n) is 5.07. The minimum atomic E-state index is -0.215. The van der Waals surface area contributed by atoms with E-state index in [1.807, 2.05) is 11.0 Å². The van der Waals surface area contributed by atoms with Gasteiger partial charge in [0.05, 0.1) is 6.42 Å². The van der Waals surface area contributed by atoms with Gasteiger partial charge < -0.3 is 14.8 Å². The smallest absolute Gasteiger partial charge is 0.254 e. The van der Waals surface area contributed by atoms with Crippen molar-refractivity contribution in [1.82, 2.24) is 19.8 Å². The van der Waals surface area contributed by atoms with E-state index in [1.165, 1.54) is 11.8 Å². The van der Waals surface area contributed by atoms with E-state index in [1.54, 1.807) is 6.92 Å². The van der Waals surface area contributed by atoms with Crippen LogP contribution in [0.1, 0.15) is 29.8 Å². The SMILES string of the molecule is Cc1ncc(CC(=O)N2CCCN(CCCc3ccccc3)CC2)c(=O)[nH]1. The molecule has 0 atom stereocenters. The molecule has 0 saturated carbocycles. The fourth-order valence-corrected chi connectivity index (χ4v) is 3.51. The number of rotatable bonds is 6. The Morgan fingerprint density at radius 3 is 2.74 bits per heavy atom. The molecule has 1 aliphatic rings. The van der Waals surface area contributed by atoms with Crippen molar-refractivity contribution < 1.29 is 4.79 Å². The van der Waals surface area contributed by atoms with Crippen LogP contribution in [-0.2, 0) is 17.6 Å². The molecule has 2 heterocycles. The minimum absolute atomic E-state index is 0.0114. The number of carbonyl (C=O) groups is 1. The van der Waals surface area contributed by atoms with E-state index >= 15 is 0 Å². The second kappa shape index (κ2) is 9.46. The van der Waals surface area contributed by atoms with Crippen LogP contribution in [0.15, 0.2) is 41.3 Å². The molecule has 2 aromatic rings. The summed E-state index contributed by atoms with van der Waals surface area (Å²) in [5.41, 5.74) is 1.60. The first-order valence-corrected chi connectivity index (χ1v) is 9.70. The molecule has 0 aliphatic carbocycles. The number of aromatic nitrogens is 2. The van der Waals surface area contributed by atoms with E-state index in [4.69, 9.17) is 0 Å². The number of carbonyl (C=O) groups excluding carboxylic acids is 1. The van der Waals surface area contributed by atoms with Gasteiger partial charge in [-0.15, -0.1) is 0 Å². The van der Waals surface area contributed by atoms with E-state index < -0.39 is 0 Å². The van der Waals surface area contributed by atoms with Gasteiger partial charge in [0.2, 0.25) is 5.91 Å². The van der Waals surface area contributed by atoms with Gasteiger partial charge in [-0.3, -0.25) is 9.59 Å². The predicted octanol–water partition coefficient (Wildman–Crippen LogP) is 1.79. The monoisotopic (exact) mass is 368 g/mol. The van der Waals surface area contributed by atoms with Crippen molar-refractivity contribution in [3.63, 3.8) is 0 Å². The van der Waals surface area contributed by atoms with Crippen molar-refractivity contribution in [3.05, 3.63) is 63.8 Å². The molecule has 0 bridgehead atoms. The number of hydrogen-bond acceptors (Lipinski definition) is 4. The first-order valence-electron chi connectivity index (χ1n) is 9.70. The van der Waals surface area contributed by atoms with Crippen molar-refractivity contribution in [1.29, 1.82) is 0 Å². The van der Waals surface area contributed by atoms with Crippen molar-refractivity contribution in [3.8, 4) is 0 Å². The Morgan fingerprint density at radius 1 is 1.15 bits per heavy atom. The molecule has 1 saturated heterocycles. The summed E-state index contributed by atoms with van der Waals surface area (Å²) in [6, 6.07) is 10.6. The van der Waals surface area contributed by atoms with Crippen LogP contribution < -0.4 is 5.56 Å². The highest BCUT2D eigenvalue weighted by Gasteiger charge is 2.20. The first kappa shape index (κ1) is 19.3. The van der Waals surface area contributed by atoms with Gasteiger partial charge in [0.15, 0.2) is 0 Å². The lowest BCUT2D eigenvalue weighted by molar-refractivity contribution is -0.130. The van der Waals surface area contributed by atoms with Crippen LogP contribution in [-0.4, -0.2) is 58.4 Å². The number of amides is 1. The number of benzene rings is 1. The molecule has 6 nitrogen and oxygen atoms in total. The van der Waals surface area contributed by atoms with Gasteiger partial charge in [-0.05, 0) is 44.8 Å². The molecular weight excluding hydrogens is 340 g/mol. The third kappa shape index (κ3) is 5.76. The molecule has 0 unspecified atom stereocenters. The Labute approximate surface area is 160 Å². The van der Waals surface area contributed by atoms with E-state index in [2.05, 4.69) is 39.1 Å². The second-order valence-electron chi connectivity index (χ2n) is 7.16. The highest BCUT2D eigenvalue weighted by atomic mass is 16.2. The van der Waals surface area contributed by atoms with E-state index in [0.29, 0.717) is 11.4 Å². The van der Waals surface area contributed by atoms with E-state index in [0.717, 1.165) is 52.0 Å². The lowest BCUT2D eigenvalue weighted by atomic mass is 10.1. The molecular formula is C21H28N4O2. The van der Waals surface area contributed by atoms with Crippen LogP contribution in [0.25, 0.3) is 0 Å². The highest BCUT2D eigenvalue weighted by molar-refractivity contribution is 5.78. The van der Waals surface area contributed by atoms with Crippen LogP contribution in [0.2, 0.25) is 0 Å². The number of aromatic amines is 1. The van der Waals surface area contributed by atoms with E-state index in [9.17, 15) is 9.59 Å². The number of aryl methyl sites for hydroxylation is 2. The molecule has 3 rings (SSSR count). The Morgan fingerprint density at radius 2 is 1.96 bits per heavy atom. The van der Waals surface area contributed by atoms with Crippen LogP contribution >= 0.6 is 0 Å². The maximum atomic E-state index is 12.6. The van der Waals surface area contributed by atoms with Gasteiger partial charge in [0.1, 0.15) is 5.82 Å². The maximum absolute atomic E-state index is 12.6. The summed E-state index contributed by atoms with van der Waals surface area (Å²) in [5, 5.41) is 0. The number of H-pyrrole nitrogens is 1. The van der Waals surface area contributed by atoms with Crippen LogP contribution in [0, 0.1) is 6.92 Å². The summed E-state index contributed by atoms with van der Waals surface area (Å²) in [4.78, 5) is 35.6. The molecule has 1 amide bonds. The van der Waals surface area contributed by atoms with E-state index in [-0.39, 0.29) is 17.9 Å². The molecule has 1 aliphatic heterocycles. The zero-order valence-corrected chi connectivity index (χ0v) is 16.0. The molecule has 0 radical (unpaired) electrons. The van der Waals surface area contributed by atoms with Gasteiger partial charge in [0.25, 0.3) is 5.56 Å². The van der Waals surface area contributed by atoms with Gasteiger partial charge in [-0.1, -0.05) is 30.3 Å². The molecule has 1 fully saturated rings. The summed E-state index contributed by atoms with van der Waals surface area (Å²) < 4.78 is 0. The summed E-state index contributed by atoms with van der Waals surface area (Å²) in [6.45, 7) is 6.17. The molecule has 1 N–H and O–H groups in total. The number of hydrogen-bond donors (Lipinski definition) is 1. The van der Waals surface area contributed by atoms with Crippen molar-refractivity contribution in [2.45, 2.75) is 32.6 Å². The van der Waals surface area contributed by atoms with Crippen molar-refractivity contribution >= 4 is 5.91 Å².